The first-order chi connectivity index (χ1) is 11.0. The minimum Gasteiger partial charge on any atom is -0.443 e. The van der Waals surface area contributed by atoms with Crippen LogP contribution in [0.15, 0.2) is 46.0 Å². The van der Waals surface area contributed by atoms with Crippen molar-refractivity contribution in [3.8, 4) is 0 Å². The molecule has 3 rings (SSSR count). The van der Waals surface area contributed by atoms with Crippen molar-refractivity contribution in [3.05, 3.63) is 47.6 Å². The molecule has 0 aliphatic carbocycles. The van der Waals surface area contributed by atoms with Gasteiger partial charge in [-0.1, -0.05) is 12.1 Å². The van der Waals surface area contributed by atoms with E-state index in [2.05, 4.69) is 4.72 Å². The highest BCUT2D eigenvalue weighted by atomic mass is 32.2. The summed E-state index contributed by atoms with van der Waals surface area (Å²) in [5.74, 6) is -0.461. The molecule has 1 aromatic heterocycles. The summed E-state index contributed by atoms with van der Waals surface area (Å²) >= 11 is 1.10. The van der Waals surface area contributed by atoms with Crippen LogP contribution in [0.2, 0.25) is 0 Å². The van der Waals surface area contributed by atoms with Gasteiger partial charge in [0.05, 0.1) is 12.2 Å². The van der Waals surface area contributed by atoms with E-state index in [1.54, 1.807) is 17.5 Å². The van der Waals surface area contributed by atoms with Crippen LogP contribution in [-0.4, -0.2) is 33.7 Å². The lowest BCUT2D eigenvalue weighted by molar-refractivity contribution is 0.143. The molecule has 1 aromatic carbocycles. The molecule has 1 fully saturated rings. The molecule has 1 unspecified atom stereocenters. The van der Waals surface area contributed by atoms with E-state index in [1.165, 1.54) is 29.2 Å². The molecular formula is C14H13FN2O4S2. The molecular weight excluding hydrogens is 343 g/mol. The Bertz CT molecular complexity index is 808. The van der Waals surface area contributed by atoms with Crippen molar-refractivity contribution < 1.29 is 22.3 Å². The Labute approximate surface area is 136 Å². The minimum atomic E-state index is -3.61. The van der Waals surface area contributed by atoms with Crippen LogP contribution >= 0.6 is 11.3 Å². The quantitative estimate of drug-likeness (QED) is 0.891. The van der Waals surface area contributed by atoms with Gasteiger partial charge in [-0.25, -0.2) is 22.3 Å². The van der Waals surface area contributed by atoms with E-state index in [1.807, 2.05) is 0 Å². The highest BCUT2D eigenvalue weighted by Gasteiger charge is 2.33. The first-order valence-electron chi connectivity index (χ1n) is 6.72. The number of ether oxygens (including phenoxy) is 1. The van der Waals surface area contributed by atoms with Crippen LogP contribution in [0.3, 0.4) is 0 Å². The van der Waals surface area contributed by atoms with Gasteiger partial charge < -0.3 is 4.74 Å². The minimum absolute atomic E-state index is 0.0439. The number of sulfonamides is 1. The van der Waals surface area contributed by atoms with Crippen LogP contribution in [0.5, 0.6) is 0 Å². The first-order valence-corrected chi connectivity index (χ1v) is 9.09. The number of anilines is 1. The van der Waals surface area contributed by atoms with Gasteiger partial charge in [-0.15, -0.1) is 11.3 Å². The summed E-state index contributed by atoms with van der Waals surface area (Å²) in [5, 5.41) is 1.66. The van der Waals surface area contributed by atoms with Crippen molar-refractivity contribution in [2.75, 3.05) is 18.0 Å². The van der Waals surface area contributed by atoms with Crippen LogP contribution in [-0.2, 0) is 14.8 Å². The predicted octanol–water partition coefficient (Wildman–Crippen LogP) is 2.19. The van der Waals surface area contributed by atoms with Gasteiger partial charge in [0.1, 0.15) is 16.1 Å². The fourth-order valence-corrected chi connectivity index (χ4v) is 4.28. The van der Waals surface area contributed by atoms with E-state index >= 15 is 0 Å². The zero-order valence-corrected chi connectivity index (χ0v) is 13.4. The molecule has 9 heteroatoms. The predicted molar refractivity (Wildman–Crippen MR) is 83.5 cm³/mol. The third-order valence-electron chi connectivity index (χ3n) is 3.25. The molecule has 2 aromatic rings. The van der Waals surface area contributed by atoms with Gasteiger partial charge in [0.25, 0.3) is 0 Å². The van der Waals surface area contributed by atoms with Crippen molar-refractivity contribution in [1.29, 1.82) is 0 Å². The molecule has 0 spiro atoms. The number of carbonyl (C=O) groups is 1. The van der Waals surface area contributed by atoms with E-state index in [9.17, 15) is 17.6 Å². The topological polar surface area (TPSA) is 75.7 Å². The molecule has 1 saturated heterocycles. The molecule has 0 saturated carbocycles. The second-order valence-corrected chi connectivity index (χ2v) is 7.82. The van der Waals surface area contributed by atoms with Gasteiger partial charge in [-0.2, -0.15) is 0 Å². The van der Waals surface area contributed by atoms with Crippen molar-refractivity contribution in [1.82, 2.24) is 4.72 Å². The largest absolute Gasteiger partial charge is 0.443 e. The lowest BCUT2D eigenvalue weighted by atomic mass is 10.2. The van der Waals surface area contributed by atoms with Gasteiger partial charge >= 0.3 is 6.09 Å². The van der Waals surface area contributed by atoms with E-state index in [4.69, 9.17) is 4.74 Å². The van der Waals surface area contributed by atoms with Crippen molar-refractivity contribution in [3.63, 3.8) is 0 Å². The van der Waals surface area contributed by atoms with Crippen molar-refractivity contribution in [2.24, 2.45) is 0 Å². The second-order valence-electron chi connectivity index (χ2n) is 4.88. The van der Waals surface area contributed by atoms with Crippen LogP contribution in [0.25, 0.3) is 0 Å². The average molecular weight is 356 g/mol. The SMILES string of the molecule is O=C1OC(CNS(=O)(=O)c2cccs2)CN1c1cccc(F)c1. The number of cyclic esters (lactones) is 1. The maximum Gasteiger partial charge on any atom is 0.414 e. The lowest BCUT2D eigenvalue weighted by Gasteiger charge is -2.13. The highest BCUT2D eigenvalue weighted by Crippen LogP contribution is 2.22. The summed E-state index contributed by atoms with van der Waals surface area (Å²) in [7, 11) is -3.61. The molecule has 1 amide bonds. The monoisotopic (exact) mass is 356 g/mol. The van der Waals surface area contributed by atoms with Gasteiger partial charge in [0.15, 0.2) is 0 Å². The van der Waals surface area contributed by atoms with Gasteiger partial charge in [-0.05, 0) is 29.6 Å². The fourth-order valence-electron chi connectivity index (χ4n) is 2.17. The number of halogens is 1. The number of rotatable bonds is 5. The van der Waals surface area contributed by atoms with Gasteiger partial charge in [0.2, 0.25) is 10.0 Å². The molecule has 2 heterocycles. The number of benzene rings is 1. The summed E-state index contributed by atoms with van der Waals surface area (Å²) in [6.07, 6.45) is -1.27. The molecule has 6 nitrogen and oxygen atoms in total. The Balaban J connectivity index is 1.64. The molecule has 23 heavy (non-hydrogen) atoms. The number of amides is 1. The number of thiophene rings is 1. The van der Waals surface area contributed by atoms with Gasteiger partial charge in [-0.3, -0.25) is 4.90 Å². The second kappa shape index (κ2) is 6.26. The smallest absolute Gasteiger partial charge is 0.414 e. The van der Waals surface area contributed by atoms with E-state index in [0.29, 0.717) is 5.69 Å². The lowest BCUT2D eigenvalue weighted by Crippen LogP contribution is -2.34. The van der Waals surface area contributed by atoms with Crippen LogP contribution in [0.4, 0.5) is 14.9 Å². The third-order valence-corrected chi connectivity index (χ3v) is 6.08. The molecule has 1 N–H and O–H groups in total. The molecule has 1 aliphatic heterocycles. The van der Waals surface area contributed by atoms with E-state index in [0.717, 1.165) is 11.3 Å². The highest BCUT2D eigenvalue weighted by molar-refractivity contribution is 7.91. The summed E-state index contributed by atoms with van der Waals surface area (Å²) in [6.45, 7) is 0.104. The van der Waals surface area contributed by atoms with Gasteiger partial charge in [0, 0.05) is 6.54 Å². The zero-order chi connectivity index (χ0) is 16.4. The molecule has 122 valence electrons. The number of nitrogens with one attached hydrogen (secondary N) is 1. The van der Waals surface area contributed by atoms with Crippen LogP contribution in [0.1, 0.15) is 0 Å². The Morgan fingerprint density at radius 2 is 2.17 bits per heavy atom. The normalized spacial score (nSPS) is 18.2. The average Bonchev–Trinajstić information content (AvgIpc) is 3.15. The number of carbonyl (C=O) groups excluding carboxylic acids is 1. The number of hydrogen-bond acceptors (Lipinski definition) is 5. The Morgan fingerprint density at radius 3 is 2.87 bits per heavy atom. The summed E-state index contributed by atoms with van der Waals surface area (Å²) in [6, 6.07) is 8.71. The Hall–Kier alpha value is -1.97. The molecule has 0 radical (unpaired) electrons. The number of nitrogens with zero attached hydrogens (tertiary/aromatic N) is 1. The van der Waals surface area contributed by atoms with E-state index < -0.39 is 28.0 Å². The summed E-state index contributed by atoms with van der Waals surface area (Å²) < 4.78 is 45.0. The molecule has 1 atom stereocenters. The maximum atomic E-state index is 13.2. The van der Waals surface area contributed by atoms with Crippen LogP contribution in [0, 0.1) is 5.82 Å². The fraction of sp³-hybridized carbons (Fsp3) is 0.214. The zero-order valence-electron chi connectivity index (χ0n) is 11.8. The number of hydrogen-bond donors (Lipinski definition) is 1. The first kappa shape index (κ1) is 15.9. The van der Waals surface area contributed by atoms with Crippen molar-refractivity contribution in [2.45, 2.75) is 10.3 Å². The Morgan fingerprint density at radius 1 is 1.35 bits per heavy atom. The third kappa shape index (κ3) is 3.52. The summed E-state index contributed by atoms with van der Waals surface area (Å²) in [5.41, 5.74) is 0.374. The van der Waals surface area contributed by atoms with Crippen molar-refractivity contribution >= 4 is 33.1 Å². The van der Waals surface area contributed by atoms with E-state index in [-0.39, 0.29) is 17.3 Å². The van der Waals surface area contributed by atoms with Crippen LogP contribution < -0.4 is 9.62 Å². The standard InChI is InChI=1S/C14H13FN2O4S2/c15-10-3-1-4-11(7-10)17-9-12(21-14(17)18)8-16-23(19,20)13-5-2-6-22-13/h1-7,12,16H,8-9H2. The maximum absolute atomic E-state index is 13.2. The Kier molecular flexibility index (Phi) is 4.33. The molecule has 0 bridgehead atoms. The molecule has 1 aliphatic rings. The summed E-state index contributed by atoms with van der Waals surface area (Å²) in [4.78, 5) is 13.1.